The van der Waals surface area contributed by atoms with Crippen LogP contribution >= 0.6 is 11.3 Å². The number of hydrogen-bond donors (Lipinski definition) is 1. The van der Waals surface area contributed by atoms with Crippen LogP contribution in [0.3, 0.4) is 0 Å². The molecule has 1 saturated heterocycles. The molecule has 3 heterocycles. The number of nitrogens with zero attached hydrogens (tertiary/aromatic N) is 3. The van der Waals surface area contributed by atoms with Crippen LogP contribution in [0.2, 0.25) is 0 Å². The Hall–Kier alpha value is -2.41. The largest absolute Gasteiger partial charge is 0.473 e. The van der Waals surface area contributed by atoms with E-state index in [0.717, 1.165) is 48.5 Å². The van der Waals surface area contributed by atoms with Gasteiger partial charge >= 0.3 is 0 Å². The summed E-state index contributed by atoms with van der Waals surface area (Å²) in [5, 5.41) is 0.540. The minimum absolute atomic E-state index is 0.0576. The van der Waals surface area contributed by atoms with E-state index in [1.165, 1.54) is 16.9 Å². The van der Waals surface area contributed by atoms with Crippen molar-refractivity contribution in [2.45, 2.75) is 32.6 Å². The van der Waals surface area contributed by atoms with Gasteiger partial charge < -0.3 is 14.6 Å². The number of methoxy groups -OCH3 is 1. The van der Waals surface area contributed by atoms with Crippen LogP contribution in [0.4, 0.5) is 0 Å². The van der Waals surface area contributed by atoms with Crippen LogP contribution in [-0.4, -0.2) is 46.0 Å². The number of rotatable bonds is 3. The molecule has 136 valence electrons. The van der Waals surface area contributed by atoms with Gasteiger partial charge in [0.2, 0.25) is 0 Å². The molecule has 3 aromatic rings. The van der Waals surface area contributed by atoms with Crippen molar-refractivity contribution in [2.24, 2.45) is 0 Å². The molecule has 1 amide bonds. The van der Waals surface area contributed by atoms with E-state index in [-0.39, 0.29) is 5.91 Å². The van der Waals surface area contributed by atoms with Crippen LogP contribution < -0.4 is 4.74 Å². The molecule has 1 aliphatic rings. The van der Waals surface area contributed by atoms with Gasteiger partial charge in [-0.1, -0.05) is 23.5 Å². The number of likely N-dealkylation sites (tertiary alicyclic amines) is 1. The molecule has 0 atom stereocenters. The summed E-state index contributed by atoms with van der Waals surface area (Å²) in [6, 6.07) is 6.20. The Balaban J connectivity index is 1.47. The third-order valence-electron chi connectivity index (χ3n) is 5.05. The summed E-state index contributed by atoms with van der Waals surface area (Å²) in [4.78, 5) is 27.9. The van der Waals surface area contributed by atoms with Crippen molar-refractivity contribution in [3.63, 3.8) is 0 Å². The Kier molecular flexibility index (Phi) is 4.40. The van der Waals surface area contributed by atoms with E-state index < -0.39 is 0 Å². The summed E-state index contributed by atoms with van der Waals surface area (Å²) < 4.78 is 5.15. The number of fused-ring (bicyclic) bond motifs is 1. The molecule has 2 aromatic heterocycles. The predicted octanol–water partition coefficient (Wildman–Crippen LogP) is 3.66. The quantitative estimate of drug-likeness (QED) is 0.764. The van der Waals surface area contributed by atoms with Gasteiger partial charge in [-0.05, 0) is 38.3 Å². The average Bonchev–Trinajstić information content (AvgIpc) is 3.25. The molecule has 0 bridgehead atoms. The maximum atomic E-state index is 12.8. The van der Waals surface area contributed by atoms with Gasteiger partial charge in [0.25, 0.3) is 11.1 Å². The number of aromatic nitrogens is 3. The van der Waals surface area contributed by atoms with Crippen LogP contribution in [0.1, 0.15) is 45.5 Å². The van der Waals surface area contributed by atoms with Crippen molar-refractivity contribution in [2.75, 3.05) is 20.2 Å². The second-order valence-electron chi connectivity index (χ2n) is 6.76. The van der Waals surface area contributed by atoms with Crippen LogP contribution in [0, 0.1) is 13.8 Å². The number of hydrogen-bond acceptors (Lipinski definition) is 5. The molecule has 26 heavy (non-hydrogen) atoms. The first kappa shape index (κ1) is 17.0. The van der Waals surface area contributed by atoms with Gasteiger partial charge in [-0.2, -0.15) is 0 Å². The molecule has 1 aromatic carbocycles. The number of benzene rings is 1. The fourth-order valence-corrected chi connectivity index (χ4v) is 4.40. The van der Waals surface area contributed by atoms with Crippen molar-refractivity contribution < 1.29 is 9.53 Å². The van der Waals surface area contributed by atoms with Crippen molar-refractivity contribution in [3.8, 4) is 5.19 Å². The third kappa shape index (κ3) is 2.96. The van der Waals surface area contributed by atoms with Crippen LogP contribution in [0.5, 0.6) is 5.19 Å². The molecule has 0 radical (unpaired) electrons. The van der Waals surface area contributed by atoms with Gasteiger partial charge in [-0.15, -0.1) is 0 Å². The second-order valence-corrected chi connectivity index (χ2v) is 7.72. The summed E-state index contributed by atoms with van der Waals surface area (Å²) >= 11 is 1.32. The normalized spacial score (nSPS) is 15.6. The first-order valence-electron chi connectivity index (χ1n) is 8.82. The van der Waals surface area contributed by atoms with Crippen molar-refractivity contribution >= 4 is 28.3 Å². The highest BCUT2D eigenvalue weighted by Gasteiger charge is 2.28. The number of thiazole rings is 1. The summed E-state index contributed by atoms with van der Waals surface area (Å²) in [5.74, 6) is 1.46. The van der Waals surface area contributed by atoms with E-state index in [0.29, 0.717) is 16.0 Å². The van der Waals surface area contributed by atoms with Gasteiger partial charge in [0, 0.05) is 19.0 Å². The highest BCUT2D eigenvalue weighted by molar-refractivity contribution is 7.15. The van der Waals surface area contributed by atoms with Crippen molar-refractivity contribution in [1.82, 2.24) is 19.9 Å². The lowest BCUT2D eigenvalue weighted by Crippen LogP contribution is -2.38. The average molecular weight is 370 g/mol. The Bertz CT molecular complexity index is 954. The zero-order valence-corrected chi connectivity index (χ0v) is 16.0. The van der Waals surface area contributed by atoms with Crippen molar-refractivity contribution in [1.29, 1.82) is 0 Å². The van der Waals surface area contributed by atoms with Gasteiger partial charge in [0.05, 0.1) is 23.8 Å². The second kappa shape index (κ2) is 6.72. The zero-order valence-electron chi connectivity index (χ0n) is 15.2. The summed E-state index contributed by atoms with van der Waals surface area (Å²) in [5.41, 5.74) is 4.07. The fourth-order valence-electron chi connectivity index (χ4n) is 3.54. The standard InChI is InChI=1S/C19H22N4O2S/c1-11-5-4-6-14-15(11)22-17(21-14)13-7-9-23(10-8-13)18(24)16-12(2)20-19(25-3)26-16/h4-6,13H,7-10H2,1-3H3,(H,21,22). The van der Waals surface area contributed by atoms with Gasteiger partial charge in [-0.3, -0.25) is 4.79 Å². The topological polar surface area (TPSA) is 71.1 Å². The summed E-state index contributed by atoms with van der Waals surface area (Å²) in [6.45, 7) is 5.41. The lowest BCUT2D eigenvalue weighted by molar-refractivity contribution is 0.0715. The number of H-pyrrole nitrogens is 1. The molecule has 1 N–H and O–H groups in total. The van der Waals surface area contributed by atoms with Crippen LogP contribution in [0.15, 0.2) is 18.2 Å². The number of aromatic amines is 1. The molecule has 1 fully saturated rings. The lowest BCUT2D eigenvalue weighted by atomic mass is 9.96. The van der Waals surface area contributed by atoms with E-state index in [4.69, 9.17) is 9.72 Å². The molecular formula is C19H22N4O2S. The smallest absolute Gasteiger partial charge is 0.273 e. The SMILES string of the molecule is COc1nc(C)c(C(=O)N2CCC(c3nc4c(C)cccc4[nH]3)CC2)s1. The van der Waals surface area contributed by atoms with Crippen molar-refractivity contribution in [3.05, 3.63) is 40.2 Å². The van der Waals surface area contributed by atoms with Gasteiger partial charge in [-0.25, -0.2) is 9.97 Å². The minimum Gasteiger partial charge on any atom is -0.473 e. The molecule has 0 aliphatic carbocycles. The first-order valence-corrected chi connectivity index (χ1v) is 9.64. The number of amides is 1. The van der Waals surface area contributed by atoms with Crippen LogP contribution in [0.25, 0.3) is 11.0 Å². The monoisotopic (exact) mass is 370 g/mol. The lowest BCUT2D eigenvalue weighted by Gasteiger charge is -2.30. The molecule has 0 unspecified atom stereocenters. The van der Waals surface area contributed by atoms with E-state index in [2.05, 4.69) is 29.0 Å². The highest BCUT2D eigenvalue weighted by Crippen LogP contribution is 2.31. The summed E-state index contributed by atoms with van der Waals surface area (Å²) in [6.07, 6.45) is 1.83. The zero-order chi connectivity index (χ0) is 18.3. The molecule has 0 saturated carbocycles. The molecule has 7 heteroatoms. The maximum Gasteiger partial charge on any atom is 0.273 e. The highest BCUT2D eigenvalue weighted by atomic mass is 32.1. The van der Waals surface area contributed by atoms with Gasteiger partial charge in [0.15, 0.2) is 0 Å². The number of imidazole rings is 1. The molecule has 6 nitrogen and oxygen atoms in total. The number of aryl methyl sites for hydroxylation is 2. The number of carbonyl (C=O) groups is 1. The molecule has 1 aliphatic heterocycles. The van der Waals surface area contributed by atoms with E-state index in [1.54, 1.807) is 7.11 Å². The number of ether oxygens (including phenoxy) is 1. The number of nitrogens with one attached hydrogen (secondary N) is 1. The fraction of sp³-hybridized carbons (Fsp3) is 0.421. The Morgan fingerprint density at radius 2 is 2.04 bits per heavy atom. The van der Waals surface area contributed by atoms with E-state index in [9.17, 15) is 4.79 Å². The Morgan fingerprint density at radius 1 is 1.27 bits per heavy atom. The molecule has 0 spiro atoms. The Labute approximate surface area is 156 Å². The Morgan fingerprint density at radius 3 is 2.69 bits per heavy atom. The summed E-state index contributed by atoms with van der Waals surface area (Å²) in [7, 11) is 1.58. The number of carbonyl (C=O) groups excluding carboxylic acids is 1. The molecular weight excluding hydrogens is 348 g/mol. The predicted molar refractivity (Wildman–Crippen MR) is 102 cm³/mol. The maximum absolute atomic E-state index is 12.8. The van der Waals surface area contributed by atoms with E-state index >= 15 is 0 Å². The van der Waals surface area contributed by atoms with E-state index in [1.807, 2.05) is 17.9 Å². The van der Waals surface area contributed by atoms with Gasteiger partial charge in [0.1, 0.15) is 10.7 Å². The number of para-hydroxylation sites is 1. The third-order valence-corrected chi connectivity index (χ3v) is 6.15. The number of piperidine rings is 1. The first-order chi connectivity index (χ1) is 12.6. The van der Waals surface area contributed by atoms with Crippen LogP contribution in [-0.2, 0) is 0 Å². The molecule has 4 rings (SSSR count). The minimum atomic E-state index is 0.0576.